The van der Waals surface area contributed by atoms with Crippen molar-refractivity contribution in [2.75, 3.05) is 13.7 Å². The van der Waals surface area contributed by atoms with Gasteiger partial charge in [0.1, 0.15) is 5.82 Å². The normalized spacial score (nSPS) is 29.8. The predicted molar refractivity (Wildman–Crippen MR) is 110 cm³/mol. The van der Waals surface area contributed by atoms with Gasteiger partial charge in [-0.2, -0.15) is 13.1 Å². The molecule has 2 fully saturated rings. The monoisotopic (exact) mass is 443 g/mol. The molecule has 8 nitrogen and oxygen atoms in total. The minimum atomic E-state index is -3.70. The van der Waals surface area contributed by atoms with E-state index in [0.717, 1.165) is 31.2 Å². The smallest absolute Gasteiger partial charge is 0.407 e. The van der Waals surface area contributed by atoms with E-state index in [9.17, 15) is 22.7 Å². The molecule has 0 aromatic heterocycles. The summed E-state index contributed by atoms with van der Waals surface area (Å²) in [5.41, 5.74) is 0.997. The average molecular weight is 444 g/mol. The first-order chi connectivity index (χ1) is 14.2. The highest BCUT2D eigenvalue weighted by molar-refractivity contribution is 7.87. The Morgan fingerprint density at radius 3 is 2.60 bits per heavy atom. The molecule has 1 aliphatic heterocycles. The Bertz CT molecular complexity index is 845. The van der Waals surface area contributed by atoms with Crippen molar-refractivity contribution in [3.05, 3.63) is 35.6 Å². The molecule has 30 heavy (non-hydrogen) atoms. The summed E-state index contributed by atoms with van der Waals surface area (Å²) in [4.78, 5) is 13.0. The van der Waals surface area contributed by atoms with Crippen LogP contribution in [0.5, 0.6) is 0 Å². The SMILES string of the molecule is CNS(=O)(=O)N[C@H]1C[C@@H](C)N(C(=O)O)[C@H]1CO[C@H]1CC[C@@H](c2cccc(F)c2)CC1. The zero-order chi connectivity index (χ0) is 21.9. The van der Waals surface area contributed by atoms with E-state index < -0.39 is 28.4 Å². The summed E-state index contributed by atoms with van der Waals surface area (Å²) in [6.45, 7) is 1.89. The first-order valence-corrected chi connectivity index (χ1v) is 11.8. The molecule has 3 rings (SSSR count). The lowest BCUT2D eigenvalue weighted by atomic mass is 9.82. The summed E-state index contributed by atoms with van der Waals surface area (Å²) in [5.74, 6) is 0.0582. The van der Waals surface area contributed by atoms with Crippen molar-refractivity contribution in [2.24, 2.45) is 0 Å². The summed E-state index contributed by atoms with van der Waals surface area (Å²) in [6, 6.07) is 5.21. The number of hydrogen-bond donors (Lipinski definition) is 3. The third kappa shape index (κ3) is 5.48. The number of carbonyl (C=O) groups is 1. The van der Waals surface area contributed by atoms with Gasteiger partial charge in [-0.1, -0.05) is 12.1 Å². The molecule has 1 saturated carbocycles. The summed E-state index contributed by atoms with van der Waals surface area (Å²) in [7, 11) is -2.40. The number of nitrogens with one attached hydrogen (secondary N) is 2. The molecule has 0 spiro atoms. The number of ether oxygens (including phenoxy) is 1. The van der Waals surface area contributed by atoms with Crippen LogP contribution >= 0.6 is 0 Å². The zero-order valence-corrected chi connectivity index (χ0v) is 18.1. The van der Waals surface area contributed by atoms with Gasteiger partial charge < -0.3 is 9.84 Å². The van der Waals surface area contributed by atoms with Gasteiger partial charge >= 0.3 is 6.09 Å². The number of likely N-dealkylation sites (tertiary alicyclic amines) is 1. The summed E-state index contributed by atoms with van der Waals surface area (Å²) in [5, 5.41) is 9.59. The van der Waals surface area contributed by atoms with Crippen LogP contribution in [0, 0.1) is 5.82 Å². The Labute approximate surface area is 177 Å². The molecule has 1 aliphatic carbocycles. The number of nitrogens with zero attached hydrogens (tertiary/aromatic N) is 1. The lowest BCUT2D eigenvalue weighted by Crippen LogP contribution is -2.51. The number of halogens is 1. The molecule has 1 aromatic carbocycles. The number of amides is 1. The molecular formula is C20H30FN3O5S. The van der Waals surface area contributed by atoms with Crippen LogP contribution in [0.25, 0.3) is 0 Å². The van der Waals surface area contributed by atoms with Crippen LogP contribution in [-0.2, 0) is 14.9 Å². The lowest BCUT2D eigenvalue weighted by Gasteiger charge is -2.32. The molecule has 1 heterocycles. The first-order valence-electron chi connectivity index (χ1n) is 10.3. The number of benzene rings is 1. The standard InChI is InChI=1S/C20H30FN3O5S/c1-13-10-18(23-30(27,28)22-2)19(24(13)20(25)26)12-29-17-8-6-14(7-9-17)15-4-3-5-16(21)11-15/h3-5,11,13-14,17-19,22-23H,6-10,12H2,1-2H3,(H,25,26)/t13-,14-,17+,18+,19+/m1/s1. The third-order valence-corrected chi connectivity index (χ3v) is 7.34. The minimum absolute atomic E-state index is 0.0251. The molecule has 1 aromatic rings. The van der Waals surface area contributed by atoms with Crippen LogP contribution in [0.3, 0.4) is 0 Å². The van der Waals surface area contributed by atoms with Crippen molar-refractivity contribution in [1.29, 1.82) is 0 Å². The van der Waals surface area contributed by atoms with Gasteiger partial charge in [-0.15, -0.1) is 0 Å². The van der Waals surface area contributed by atoms with E-state index in [2.05, 4.69) is 9.44 Å². The molecule has 0 bridgehead atoms. The van der Waals surface area contributed by atoms with Crippen LogP contribution in [0.2, 0.25) is 0 Å². The lowest BCUT2D eigenvalue weighted by molar-refractivity contribution is -0.00704. The maximum atomic E-state index is 13.5. The van der Waals surface area contributed by atoms with Gasteiger partial charge in [0.15, 0.2) is 0 Å². The molecule has 10 heteroatoms. The fraction of sp³-hybridized carbons (Fsp3) is 0.650. The Morgan fingerprint density at radius 1 is 1.30 bits per heavy atom. The minimum Gasteiger partial charge on any atom is -0.465 e. The van der Waals surface area contributed by atoms with Gasteiger partial charge in [-0.3, -0.25) is 4.90 Å². The topological polar surface area (TPSA) is 108 Å². The number of rotatable bonds is 7. The molecule has 1 amide bonds. The molecule has 2 aliphatic rings. The van der Waals surface area contributed by atoms with Crippen LogP contribution in [-0.4, -0.2) is 62.4 Å². The van der Waals surface area contributed by atoms with Crippen LogP contribution in [0.1, 0.15) is 50.5 Å². The zero-order valence-electron chi connectivity index (χ0n) is 17.3. The fourth-order valence-corrected chi connectivity index (χ4v) is 5.40. The molecule has 1 saturated heterocycles. The molecule has 3 atom stereocenters. The Hall–Kier alpha value is -1.75. The van der Waals surface area contributed by atoms with Crippen molar-refractivity contribution in [3.63, 3.8) is 0 Å². The van der Waals surface area contributed by atoms with Crippen molar-refractivity contribution in [3.8, 4) is 0 Å². The molecule has 168 valence electrons. The first kappa shape index (κ1) is 22.9. The van der Waals surface area contributed by atoms with E-state index in [1.54, 1.807) is 19.1 Å². The average Bonchev–Trinajstić information content (AvgIpc) is 3.01. The van der Waals surface area contributed by atoms with Gasteiger partial charge in [-0.25, -0.2) is 13.9 Å². The van der Waals surface area contributed by atoms with E-state index in [1.807, 2.05) is 6.07 Å². The molecule has 0 unspecified atom stereocenters. The van der Waals surface area contributed by atoms with E-state index in [-0.39, 0.29) is 30.5 Å². The largest absolute Gasteiger partial charge is 0.465 e. The van der Waals surface area contributed by atoms with Crippen LogP contribution in [0.15, 0.2) is 24.3 Å². The fourth-order valence-electron chi connectivity index (χ4n) is 4.63. The second-order valence-corrected chi connectivity index (χ2v) is 9.79. The summed E-state index contributed by atoms with van der Waals surface area (Å²) in [6.07, 6.45) is 2.60. The van der Waals surface area contributed by atoms with Crippen molar-refractivity contribution in [1.82, 2.24) is 14.3 Å². The molecule has 3 N–H and O–H groups in total. The van der Waals surface area contributed by atoms with Gasteiger partial charge in [0.05, 0.1) is 18.8 Å². The Balaban J connectivity index is 1.59. The quantitative estimate of drug-likeness (QED) is 0.600. The van der Waals surface area contributed by atoms with Crippen LogP contribution < -0.4 is 9.44 Å². The van der Waals surface area contributed by atoms with Gasteiger partial charge in [0.25, 0.3) is 10.2 Å². The Morgan fingerprint density at radius 2 is 2.00 bits per heavy atom. The predicted octanol–water partition coefficient (Wildman–Crippen LogP) is 2.43. The maximum Gasteiger partial charge on any atom is 0.407 e. The number of hydrogen-bond acceptors (Lipinski definition) is 4. The second-order valence-electron chi connectivity index (χ2n) is 8.14. The van der Waals surface area contributed by atoms with E-state index >= 15 is 0 Å². The van der Waals surface area contributed by atoms with E-state index in [1.165, 1.54) is 18.0 Å². The van der Waals surface area contributed by atoms with Crippen molar-refractivity contribution in [2.45, 2.75) is 69.2 Å². The third-order valence-electron chi connectivity index (χ3n) is 6.18. The van der Waals surface area contributed by atoms with Crippen molar-refractivity contribution >= 4 is 16.3 Å². The number of carboxylic acid groups (broad SMARTS) is 1. The Kier molecular flexibility index (Phi) is 7.33. The highest BCUT2D eigenvalue weighted by atomic mass is 32.2. The summed E-state index contributed by atoms with van der Waals surface area (Å²) >= 11 is 0. The second kappa shape index (κ2) is 9.59. The van der Waals surface area contributed by atoms with Gasteiger partial charge in [0.2, 0.25) is 0 Å². The highest BCUT2D eigenvalue weighted by Crippen LogP contribution is 2.35. The highest BCUT2D eigenvalue weighted by Gasteiger charge is 2.44. The molecule has 0 radical (unpaired) electrons. The van der Waals surface area contributed by atoms with Gasteiger partial charge in [-0.05, 0) is 62.6 Å². The van der Waals surface area contributed by atoms with E-state index in [0.29, 0.717) is 6.42 Å². The van der Waals surface area contributed by atoms with Crippen LogP contribution in [0.4, 0.5) is 9.18 Å². The summed E-state index contributed by atoms with van der Waals surface area (Å²) < 4.78 is 48.1. The molecular weight excluding hydrogens is 413 g/mol. The van der Waals surface area contributed by atoms with Gasteiger partial charge in [0, 0.05) is 19.1 Å². The maximum absolute atomic E-state index is 13.5. The van der Waals surface area contributed by atoms with E-state index in [4.69, 9.17) is 4.74 Å². The van der Waals surface area contributed by atoms with Crippen molar-refractivity contribution < 1.29 is 27.4 Å².